The highest BCUT2D eigenvalue weighted by atomic mass is 32.1. The highest BCUT2D eigenvalue weighted by Gasteiger charge is 2.49. The van der Waals surface area contributed by atoms with Gasteiger partial charge in [-0.1, -0.05) is 0 Å². The second kappa shape index (κ2) is 4.22. The van der Waals surface area contributed by atoms with Gasteiger partial charge in [-0.2, -0.15) is 0 Å². The molecule has 2 heterocycles. The second-order valence-electron chi connectivity index (χ2n) is 4.45. The lowest BCUT2D eigenvalue weighted by Crippen LogP contribution is -2.36. The fourth-order valence-electron chi connectivity index (χ4n) is 2.04. The molecule has 1 atom stereocenters. The Hall–Kier alpha value is -1.23. The predicted molar refractivity (Wildman–Crippen MR) is 64.0 cm³/mol. The number of carbonyl (C=O) groups is 2. The van der Waals surface area contributed by atoms with Gasteiger partial charge < -0.3 is 4.74 Å². The molecule has 0 radical (unpaired) electrons. The lowest BCUT2D eigenvalue weighted by molar-refractivity contribution is -0.150. The molecule has 1 unspecified atom stereocenters. The van der Waals surface area contributed by atoms with Crippen LogP contribution in [0.2, 0.25) is 0 Å². The van der Waals surface area contributed by atoms with Gasteiger partial charge in [-0.3, -0.25) is 9.59 Å². The van der Waals surface area contributed by atoms with Crippen LogP contribution in [0.3, 0.4) is 0 Å². The highest BCUT2D eigenvalue weighted by molar-refractivity contribution is 7.11. The summed E-state index contributed by atoms with van der Waals surface area (Å²) >= 11 is 1.55. The first kappa shape index (κ1) is 12.2. The van der Waals surface area contributed by atoms with Crippen LogP contribution in [0.4, 0.5) is 0 Å². The zero-order chi connectivity index (χ0) is 12.6. The number of carbonyl (C=O) groups excluding carboxylic acids is 2. The minimum atomic E-state index is -0.989. The SMILES string of the molecule is CC(=O)C1(Cc2nc(C)c(C)s2)CCOC1=O. The molecule has 1 aliphatic heterocycles. The molecule has 1 aromatic rings. The smallest absolute Gasteiger partial charge is 0.320 e. The quantitative estimate of drug-likeness (QED) is 0.609. The van der Waals surface area contributed by atoms with E-state index in [-0.39, 0.29) is 5.78 Å². The summed E-state index contributed by atoms with van der Waals surface area (Å²) in [5.41, 5.74) is -0.0217. The maximum Gasteiger partial charge on any atom is 0.320 e. The molecule has 0 saturated carbocycles. The van der Waals surface area contributed by atoms with E-state index in [1.807, 2.05) is 13.8 Å². The topological polar surface area (TPSA) is 56.3 Å². The van der Waals surface area contributed by atoms with E-state index in [0.29, 0.717) is 19.4 Å². The van der Waals surface area contributed by atoms with Crippen LogP contribution >= 0.6 is 11.3 Å². The third-order valence-electron chi connectivity index (χ3n) is 3.35. The predicted octanol–water partition coefficient (Wildman–Crippen LogP) is 1.82. The van der Waals surface area contributed by atoms with Gasteiger partial charge >= 0.3 is 5.97 Å². The van der Waals surface area contributed by atoms with Gasteiger partial charge in [0.2, 0.25) is 0 Å². The molecule has 92 valence electrons. The van der Waals surface area contributed by atoms with Crippen LogP contribution in [0.5, 0.6) is 0 Å². The van der Waals surface area contributed by atoms with Crippen LogP contribution < -0.4 is 0 Å². The first-order valence-electron chi connectivity index (χ1n) is 5.57. The number of aryl methyl sites for hydroxylation is 2. The van der Waals surface area contributed by atoms with Crippen LogP contribution in [0.1, 0.15) is 28.9 Å². The van der Waals surface area contributed by atoms with Crippen molar-refractivity contribution in [1.29, 1.82) is 0 Å². The van der Waals surface area contributed by atoms with Gasteiger partial charge in [0.15, 0.2) is 0 Å². The maximum atomic E-state index is 11.8. The normalized spacial score (nSPS) is 23.8. The standard InChI is InChI=1S/C12H15NO3S/c1-7-8(2)17-10(13-7)6-12(9(3)14)4-5-16-11(12)15/h4-6H2,1-3H3. The Morgan fingerprint density at radius 1 is 1.53 bits per heavy atom. The number of esters is 1. The summed E-state index contributed by atoms with van der Waals surface area (Å²) in [6.07, 6.45) is 0.847. The summed E-state index contributed by atoms with van der Waals surface area (Å²) in [5.74, 6) is -0.513. The zero-order valence-electron chi connectivity index (χ0n) is 10.2. The number of hydrogen-bond donors (Lipinski definition) is 0. The monoisotopic (exact) mass is 253 g/mol. The minimum absolute atomic E-state index is 0.120. The minimum Gasteiger partial charge on any atom is -0.465 e. The lowest BCUT2D eigenvalue weighted by Gasteiger charge is -2.19. The van der Waals surface area contributed by atoms with Crippen molar-refractivity contribution in [3.63, 3.8) is 0 Å². The molecule has 0 aromatic carbocycles. The zero-order valence-corrected chi connectivity index (χ0v) is 11.0. The number of aromatic nitrogens is 1. The molecule has 17 heavy (non-hydrogen) atoms. The van der Waals surface area contributed by atoms with Crippen LogP contribution in [-0.4, -0.2) is 23.3 Å². The molecule has 1 aromatic heterocycles. The van der Waals surface area contributed by atoms with E-state index >= 15 is 0 Å². The first-order valence-corrected chi connectivity index (χ1v) is 6.38. The van der Waals surface area contributed by atoms with E-state index in [1.165, 1.54) is 6.92 Å². The fourth-order valence-corrected chi connectivity index (χ4v) is 3.08. The van der Waals surface area contributed by atoms with Crippen molar-refractivity contribution >= 4 is 23.1 Å². The van der Waals surface area contributed by atoms with Crippen LogP contribution in [-0.2, 0) is 20.7 Å². The second-order valence-corrected chi connectivity index (χ2v) is 5.74. The summed E-state index contributed by atoms with van der Waals surface area (Å²) in [6.45, 7) is 5.72. The number of ether oxygens (including phenoxy) is 1. The van der Waals surface area contributed by atoms with Crippen molar-refractivity contribution in [3.05, 3.63) is 15.6 Å². The largest absolute Gasteiger partial charge is 0.465 e. The van der Waals surface area contributed by atoms with Crippen molar-refractivity contribution in [2.75, 3.05) is 6.61 Å². The maximum absolute atomic E-state index is 11.8. The van der Waals surface area contributed by atoms with Gasteiger partial charge in [0, 0.05) is 17.7 Å². The number of thiazole rings is 1. The van der Waals surface area contributed by atoms with E-state index in [4.69, 9.17) is 4.74 Å². The van der Waals surface area contributed by atoms with Crippen molar-refractivity contribution in [2.24, 2.45) is 5.41 Å². The molecule has 0 aliphatic carbocycles. The van der Waals surface area contributed by atoms with E-state index in [9.17, 15) is 9.59 Å². The molecular formula is C12H15NO3S. The van der Waals surface area contributed by atoms with Gasteiger partial charge in [0.25, 0.3) is 0 Å². The Morgan fingerprint density at radius 3 is 2.65 bits per heavy atom. The van der Waals surface area contributed by atoms with E-state index in [1.54, 1.807) is 11.3 Å². The number of cyclic esters (lactones) is 1. The molecule has 5 heteroatoms. The Kier molecular flexibility index (Phi) is 3.03. The number of rotatable bonds is 3. The third kappa shape index (κ3) is 1.99. The Bertz CT molecular complexity index is 461. The van der Waals surface area contributed by atoms with E-state index in [0.717, 1.165) is 15.6 Å². The van der Waals surface area contributed by atoms with Gasteiger partial charge in [-0.25, -0.2) is 4.98 Å². The fraction of sp³-hybridized carbons (Fsp3) is 0.583. The first-order chi connectivity index (χ1) is 7.95. The molecule has 2 rings (SSSR count). The molecule has 1 saturated heterocycles. The molecule has 0 bridgehead atoms. The summed E-state index contributed by atoms with van der Waals surface area (Å²) in [4.78, 5) is 29.0. The molecule has 1 aliphatic rings. The van der Waals surface area contributed by atoms with Crippen molar-refractivity contribution in [1.82, 2.24) is 4.98 Å². The molecule has 0 amide bonds. The van der Waals surface area contributed by atoms with Crippen molar-refractivity contribution in [3.8, 4) is 0 Å². The summed E-state index contributed by atoms with van der Waals surface area (Å²) in [7, 11) is 0. The highest BCUT2D eigenvalue weighted by Crippen LogP contribution is 2.36. The van der Waals surface area contributed by atoms with Crippen LogP contribution in [0.25, 0.3) is 0 Å². The lowest BCUT2D eigenvalue weighted by atomic mass is 9.79. The number of hydrogen-bond acceptors (Lipinski definition) is 5. The number of Topliss-reactive ketones (excluding diaryl/α,β-unsaturated/α-hetero) is 1. The number of ketones is 1. The van der Waals surface area contributed by atoms with Gasteiger partial charge in [-0.15, -0.1) is 11.3 Å². The van der Waals surface area contributed by atoms with Crippen molar-refractivity contribution in [2.45, 2.75) is 33.6 Å². The summed E-state index contributed by atoms with van der Waals surface area (Å²) in [5, 5.41) is 0.842. The molecule has 4 nitrogen and oxygen atoms in total. The Morgan fingerprint density at radius 2 is 2.24 bits per heavy atom. The van der Waals surface area contributed by atoms with Crippen molar-refractivity contribution < 1.29 is 14.3 Å². The van der Waals surface area contributed by atoms with Gasteiger partial charge in [0.05, 0.1) is 17.3 Å². The molecular weight excluding hydrogens is 238 g/mol. The van der Waals surface area contributed by atoms with E-state index in [2.05, 4.69) is 4.98 Å². The van der Waals surface area contributed by atoms with Gasteiger partial charge in [0.1, 0.15) is 11.2 Å². The third-order valence-corrected chi connectivity index (χ3v) is 4.43. The van der Waals surface area contributed by atoms with E-state index < -0.39 is 11.4 Å². The van der Waals surface area contributed by atoms with Crippen LogP contribution in [0, 0.1) is 19.3 Å². The summed E-state index contributed by atoms with van der Waals surface area (Å²) < 4.78 is 4.96. The Balaban J connectivity index is 2.31. The van der Waals surface area contributed by atoms with Gasteiger partial charge in [-0.05, 0) is 20.8 Å². The number of nitrogens with zero attached hydrogens (tertiary/aromatic N) is 1. The average Bonchev–Trinajstić information content (AvgIpc) is 2.74. The molecule has 0 spiro atoms. The molecule has 1 fully saturated rings. The Labute approximate surface area is 104 Å². The molecule has 0 N–H and O–H groups in total. The average molecular weight is 253 g/mol. The van der Waals surface area contributed by atoms with Crippen LogP contribution in [0.15, 0.2) is 0 Å². The summed E-state index contributed by atoms with van der Waals surface area (Å²) in [6, 6.07) is 0.